The summed E-state index contributed by atoms with van der Waals surface area (Å²) in [6.07, 6.45) is 1.74. The molecular formula is C14H17FN2O2. The molecule has 1 aromatic rings. The van der Waals surface area contributed by atoms with Gasteiger partial charge in [0.2, 0.25) is 5.91 Å². The highest BCUT2D eigenvalue weighted by molar-refractivity contribution is 6.03. The topological polar surface area (TPSA) is 64.4 Å². The summed E-state index contributed by atoms with van der Waals surface area (Å²) in [6.45, 7) is 2.46. The Labute approximate surface area is 111 Å². The molecule has 3 unspecified atom stereocenters. The van der Waals surface area contributed by atoms with E-state index in [1.54, 1.807) is 6.92 Å². The number of carbonyl (C=O) groups is 1. The summed E-state index contributed by atoms with van der Waals surface area (Å²) in [4.78, 5) is 11.7. The molecule has 0 bridgehead atoms. The minimum Gasteiger partial charge on any atom is -0.376 e. The number of rotatable bonds is 2. The van der Waals surface area contributed by atoms with Crippen LogP contribution in [0.4, 0.5) is 10.1 Å². The molecule has 5 heteroatoms. The number of ether oxygens (including phenoxy) is 1. The predicted molar refractivity (Wildman–Crippen MR) is 69.3 cm³/mol. The van der Waals surface area contributed by atoms with Gasteiger partial charge >= 0.3 is 0 Å². The summed E-state index contributed by atoms with van der Waals surface area (Å²) in [7, 11) is 0. The van der Waals surface area contributed by atoms with Crippen LogP contribution >= 0.6 is 0 Å². The van der Waals surface area contributed by atoms with Gasteiger partial charge in [-0.3, -0.25) is 4.79 Å². The maximum absolute atomic E-state index is 13.7. The number of benzene rings is 1. The van der Waals surface area contributed by atoms with Gasteiger partial charge < -0.3 is 15.8 Å². The third-order valence-electron chi connectivity index (χ3n) is 4.00. The van der Waals surface area contributed by atoms with E-state index < -0.39 is 6.04 Å². The first-order chi connectivity index (χ1) is 9.08. The second-order valence-electron chi connectivity index (χ2n) is 5.25. The fourth-order valence-electron chi connectivity index (χ4n) is 2.86. The molecule has 4 nitrogen and oxygen atoms in total. The quantitative estimate of drug-likeness (QED) is 0.859. The van der Waals surface area contributed by atoms with Crippen molar-refractivity contribution in [3.63, 3.8) is 0 Å². The number of anilines is 1. The van der Waals surface area contributed by atoms with Crippen molar-refractivity contribution in [1.82, 2.24) is 0 Å². The summed E-state index contributed by atoms with van der Waals surface area (Å²) in [5.41, 5.74) is 8.19. The molecule has 0 aliphatic carbocycles. The van der Waals surface area contributed by atoms with E-state index in [9.17, 15) is 9.18 Å². The zero-order valence-corrected chi connectivity index (χ0v) is 10.8. The van der Waals surface area contributed by atoms with Gasteiger partial charge in [-0.15, -0.1) is 0 Å². The number of fused-ring (bicyclic) bond motifs is 1. The van der Waals surface area contributed by atoms with Gasteiger partial charge in [-0.2, -0.15) is 0 Å². The van der Waals surface area contributed by atoms with E-state index in [4.69, 9.17) is 10.5 Å². The lowest BCUT2D eigenvalue weighted by Crippen LogP contribution is -2.26. The number of nitrogens with one attached hydrogen (secondary N) is 1. The summed E-state index contributed by atoms with van der Waals surface area (Å²) < 4.78 is 19.3. The Hall–Kier alpha value is -1.46. The van der Waals surface area contributed by atoms with Gasteiger partial charge in [0.25, 0.3) is 0 Å². The molecule has 2 aliphatic heterocycles. The maximum atomic E-state index is 13.7. The van der Waals surface area contributed by atoms with Gasteiger partial charge in [0.15, 0.2) is 0 Å². The molecule has 1 amide bonds. The minimum absolute atomic E-state index is 0.0984. The highest BCUT2D eigenvalue weighted by Crippen LogP contribution is 2.39. The third kappa shape index (κ3) is 2.03. The van der Waals surface area contributed by atoms with Gasteiger partial charge in [-0.05, 0) is 43.0 Å². The molecule has 3 atom stereocenters. The van der Waals surface area contributed by atoms with Crippen molar-refractivity contribution >= 4 is 11.6 Å². The zero-order chi connectivity index (χ0) is 13.6. The first kappa shape index (κ1) is 12.6. The van der Waals surface area contributed by atoms with Crippen LogP contribution in [-0.4, -0.2) is 18.6 Å². The second-order valence-corrected chi connectivity index (χ2v) is 5.25. The lowest BCUT2D eigenvalue weighted by molar-refractivity contribution is -0.116. The van der Waals surface area contributed by atoms with Crippen molar-refractivity contribution in [3.05, 3.63) is 29.1 Å². The Morgan fingerprint density at radius 3 is 3.00 bits per heavy atom. The molecule has 3 N–H and O–H groups in total. The Balaban J connectivity index is 2.02. The number of amides is 1. The average molecular weight is 264 g/mol. The van der Waals surface area contributed by atoms with Crippen LogP contribution in [0.25, 0.3) is 0 Å². The van der Waals surface area contributed by atoms with Crippen molar-refractivity contribution in [2.75, 3.05) is 11.9 Å². The summed E-state index contributed by atoms with van der Waals surface area (Å²) in [5, 5.41) is 2.81. The van der Waals surface area contributed by atoms with Gasteiger partial charge in [-0.25, -0.2) is 4.39 Å². The SMILES string of the molecule is CC1C(=O)Nc2c1cc(F)cc2C(N)C1CCCO1. The molecular weight excluding hydrogens is 247 g/mol. The first-order valence-electron chi connectivity index (χ1n) is 6.59. The molecule has 3 rings (SSSR count). The Morgan fingerprint density at radius 1 is 1.53 bits per heavy atom. The van der Waals surface area contributed by atoms with Crippen LogP contribution in [0.2, 0.25) is 0 Å². The molecule has 0 radical (unpaired) electrons. The molecule has 0 spiro atoms. The van der Waals surface area contributed by atoms with E-state index in [1.165, 1.54) is 12.1 Å². The molecule has 0 saturated carbocycles. The normalized spacial score (nSPS) is 27.2. The van der Waals surface area contributed by atoms with E-state index in [1.807, 2.05) is 0 Å². The van der Waals surface area contributed by atoms with E-state index in [-0.39, 0.29) is 23.7 Å². The Morgan fingerprint density at radius 2 is 2.32 bits per heavy atom. The molecule has 0 aromatic heterocycles. The number of nitrogens with two attached hydrogens (primary N) is 1. The van der Waals surface area contributed by atoms with Crippen LogP contribution in [-0.2, 0) is 9.53 Å². The molecule has 1 saturated heterocycles. The Bertz CT molecular complexity index is 526. The summed E-state index contributed by atoms with van der Waals surface area (Å²) >= 11 is 0. The number of carbonyl (C=O) groups excluding carboxylic acids is 1. The Kier molecular flexibility index (Phi) is 3.03. The standard InChI is InChI=1S/C14H17FN2O2/c1-7-9-5-8(15)6-10(13(9)17-14(7)18)12(16)11-3-2-4-19-11/h5-7,11-12H,2-4,16H2,1H3,(H,17,18). The van der Waals surface area contributed by atoms with Crippen molar-refractivity contribution in [2.24, 2.45) is 5.73 Å². The van der Waals surface area contributed by atoms with Crippen LogP contribution in [0.3, 0.4) is 0 Å². The number of halogens is 1. The van der Waals surface area contributed by atoms with Crippen LogP contribution in [0.15, 0.2) is 12.1 Å². The van der Waals surface area contributed by atoms with Crippen molar-refractivity contribution in [3.8, 4) is 0 Å². The molecule has 2 aliphatic rings. The minimum atomic E-state index is -0.405. The molecule has 1 aromatic carbocycles. The van der Waals surface area contributed by atoms with Crippen molar-refractivity contribution < 1.29 is 13.9 Å². The van der Waals surface area contributed by atoms with Crippen LogP contribution in [0.1, 0.15) is 42.9 Å². The van der Waals surface area contributed by atoms with E-state index in [0.29, 0.717) is 23.4 Å². The largest absolute Gasteiger partial charge is 0.376 e. The first-order valence-corrected chi connectivity index (χ1v) is 6.59. The lowest BCUT2D eigenvalue weighted by atomic mass is 9.94. The molecule has 1 fully saturated rings. The van der Waals surface area contributed by atoms with Gasteiger partial charge in [0.1, 0.15) is 5.82 Å². The monoisotopic (exact) mass is 264 g/mol. The fourth-order valence-corrected chi connectivity index (χ4v) is 2.86. The van der Waals surface area contributed by atoms with Crippen molar-refractivity contribution in [2.45, 2.75) is 37.8 Å². The van der Waals surface area contributed by atoms with Crippen LogP contribution in [0.5, 0.6) is 0 Å². The molecule has 19 heavy (non-hydrogen) atoms. The van der Waals surface area contributed by atoms with E-state index in [0.717, 1.165) is 12.8 Å². The van der Waals surface area contributed by atoms with E-state index >= 15 is 0 Å². The number of hydrogen-bond donors (Lipinski definition) is 2. The van der Waals surface area contributed by atoms with Crippen molar-refractivity contribution in [1.29, 1.82) is 0 Å². The van der Waals surface area contributed by atoms with Gasteiger partial charge in [0, 0.05) is 12.3 Å². The highest BCUT2D eigenvalue weighted by atomic mass is 19.1. The number of hydrogen-bond acceptors (Lipinski definition) is 3. The predicted octanol–water partition coefficient (Wildman–Crippen LogP) is 2.06. The van der Waals surface area contributed by atoms with E-state index in [2.05, 4.69) is 5.32 Å². The highest BCUT2D eigenvalue weighted by Gasteiger charge is 2.33. The third-order valence-corrected chi connectivity index (χ3v) is 4.00. The van der Waals surface area contributed by atoms with Crippen LogP contribution < -0.4 is 11.1 Å². The average Bonchev–Trinajstić information content (AvgIpc) is 3.00. The summed E-state index contributed by atoms with van der Waals surface area (Å²) in [5.74, 6) is -0.798. The smallest absolute Gasteiger partial charge is 0.231 e. The fraction of sp³-hybridized carbons (Fsp3) is 0.500. The van der Waals surface area contributed by atoms with Gasteiger partial charge in [-0.1, -0.05) is 0 Å². The second kappa shape index (κ2) is 4.58. The lowest BCUT2D eigenvalue weighted by Gasteiger charge is -2.21. The van der Waals surface area contributed by atoms with Gasteiger partial charge in [0.05, 0.1) is 18.1 Å². The summed E-state index contributed by atoms with van der Waals surface area (Å²) in [6, 6.07) is 2.41. The molecule has 2 heterocycles. The van der Waals surface area contributed by atoms with Crippen LogP contribution in [0, 0.1) is 5.82 Å². The maximum Gasteiger partial charge on any atom is 0.231 e. The zero-order valence-electron chi connectivity index (χ0n) is 10.8. The molecule has 102 valence electrons.